The van der Waals surface area contributed by atoms with E-state index in [-0.39, 0.29) is 16.5 Å². The van der Waals surface area contributed by atoms with Crippen LogP contribution in [0, 0.1) is 10.1 Å². The first-order chi connectivity index (χ1) is 9.91. The summed E-state index contributed by atoms with van der Waals surface area (Å²) >= 11 is 4.69. The Kier molecular flexibility index (Phi) is 3.98. The lowest BCUT2D eigenvalue weighted by molar-refractivity contribution is -0.384. The van der Waals surface area contributed by atoms with Crippen molar-refractivity contribution < 1.29 is 9.72 Å². The third kappa shape index (κ3) is 2.89. The average molecular weight is 306 g/mol. The maximum Gasteiger partial charge on any atom is 0.296 e. The van der Waals surface area contributed by atoms with Crippen molar-refractivity contribution in [2.45, 2.75) is 13.0 Å². The van der Waals surface area contributed by atoms with E-state index in [0.717, 1.165) is 5.01 Å². The molecule has 10 heteroatoms. The van der Waals surface area contributed by atoms with Crippen LogP contribution in [0.5, 0.6) is 0 Å². The lowest BCUT2D eigenvalue weighted by atomic mass is 10.2. The van der Waals surface area contributed by atoms with Crippen molar-refractivity contribution in [3.63, 3.8) is 0 Å². The molecule has 1 amide bonds. The van der Waals surface area contributed by atoms with Gasteiger partial charge in [0.2, 0.25) is 0 Å². The van der Waals surface area contributed by atoms with Gasteiger partial charge in [-0.05, 0) is 25.2 Å². The maximum absolute atomic E-state index is 12.0. The van der Waals surface area contributed by atoms with Gasteiger partial charge in [-0.2, -0.15) is 15.2 Å². The molecule has 0 saturated heterocycles. The van der Waals surface area contributed by atoms with Crippen molar-refractivity contribution in [1.29, 1.82) is 0 Å². The third-order valence-electron chi connectivity index (χ3n) is 2.66. The second kappa shape index (κ2) is 5.71. The summed E-state index contributed by atoms with van der Waals surface area (Å²) in [6, 6.07) is 4.84. The SMILES string of the molecule is CC1=NN(C(N)=S)C(=O)[C@@H]1N=Nc1ccccc1[N+](=O)[O-]. The van der Waals surface area contributed by atoms with Gasteiger partial charge in [-0.1, -0.05) is 12.1 Å². The molecule has 0 aromatic heterocycles. The minimum absolute atomic E-state index is 0.0527. The van der Waals surface area contributed by atoms with Crippen molar-refractivity contribution in [3.05, 3.63) is 34.4 Å². The van der Waals surface area contributed by atoms with Gasteiger partial charge in [-0.15, -0.1) is 5.11 Å². The number of hydrogen-bond acceptors (Lipinski definition) is 7. The van der Waals surface area contributed by atoms with Crippen molar-refractivity contribution in [3.8, 4) is 0 Å². The van der Waals surface area contributed by atoms with Crippen LogP contribution in [0.1, 0.15) is 6.92 Å². The zero-order valence-corrected chi connectivity index (χ0v) is 11.6. The predicted molar refractivity (Wildman–Crippen MR) is 78.1 cm³/mol. The largest absolute Gasteiger partial charge is 0.374 e. The number of rotatable bonds is 3. The molecular weight excluding hydrogens is 296 g/mol. The van der Waals surface area contributed by atoms with E-state index in [0.29, 0.717) is 5.71 Å². The van der Waals surface area contributed by atoms with Gasteiger partial charge in [0.15, 0.2) is 16.8 Å². The molecular formula is C11H10N6O3S. The second-order valence-electron chi connectivity index (χ2n) is 4.09. The molecule has 0 bridgehead atoms. The molecule has 1 aliphatic rings. The number of nitro groups is 1. The molecule has 1 heterocycles. The Morgan fingerprint density at radius 3 is 2.76 bits per heavy atom. The van der Waals surface area contributed by atoms with Crippen LogP contribution in [0.3, 0.4) is 0 Å². The van der Waals surface area contributed by atoms with Crippen LogP contribution in [0.2, 0.25) is 0 Å². The first kappa shape index (κ1) is 14.7. The zero-order chi connectivity index (χ0) is 15.6. The summed E-state index contributed by atoms with van der Waals surface area (Å²) in [7, 11) is 0. The number of nitrogens with zero attached hydrogens (tertiary/aromatic N) is 5. The molecule has 0 fully saturated rings. The molecule has 0 unspecified atom stereocenters. The number of nitro benzene ring substituents is 1. The number of carbonyl (C=O) groups is 1. The number of nitrogens with two attached hydrogens (primary N) is 1. The van der Waals surface area contributed by atoms with Gasteiger partial charge < -0.3 is 5.73 Å². The Bertz CT molecular complexity index is 686. The molecule has 2 N–H and O–H groups in total. The minimum atomic E-state index is -0.980. The number of carbonyl (C=O) groups excluding carboxylic acids is 1. The van der Waals surface area contributed by atoms with Gasteiger partial charge in [0.05, 0.1) is 10.6 Å². The Hall–Kier alpha value is -2.75. The number of thiocarbonyl (C=S) groups is 1. The van der Waals surface area contributed by atoms with Gasteiger partial charge in [-0.25, -0.2) is 0 Å². The summed E-state index contributed by atoms with van der Waals surface area (Å²) in [5.41, 5.74) is 5.56. The van der Waals surface area contributed by atoms with Crippen LogP contribution >= 0.6 is 12.2 Å². The van der Waals surface area contributed by atoms with Crippen molar-refractivity contribution >= 4 is 40.3 Å². The molecule has 1 aliphatic heterocycles. The molecule has 0 saturated carbocycles. The summed E-state index contributed by atoms with van der Waals surface area (Å²) < 4.78 is 0. The average Bonchev–Trinajstić information content (AvgIpc) is 2.72. The number of benzene rings is 1. The van der Waals surface area contributed by atoms with Crippen LogP contribution in [0.15, 0.2) is 39.6 Å². The van der Waals surface area contributed by atoms with Crippen LogP contribution in [0.25, 0.3) is 0 Å². The number of hydrogen-bond donors (Lipinski definition) is 1. The highest BCUT2D eigenvalue weighted by molar-refractivity contribution is 7.80. The van der Waals surface area contributed by atoms with E-state index in [1.165, 1.54) is 18.2 Å². The molecule has 0 aliphatic carbocycles. The molecule has 2 rings (SSSR count). The van der Waals surface area contributed by atoms with Gasteiger partial charge in [-0.3, -0.25) is 14.9 Å². The highest BCUT2D eigenvalue weighted by Crippen LogP contribution is 2.27. The van der Waals surface area contributed by atoms with E-state index in [1.807, 2.05) is 0 Å². The van der Waals surface area contributed by atoms with Gasteiger partial charge in [0.25, 0.3) is 11.6 Å². The maximum atomic E-state index is 12.0. The molecule has 0 spiro atoms. The molecule has 1 aromatic carbocycles. The number of amides is 1. The first-order valence-electron chi connectivity index (χ1n) is 5.74. The standard InChI is InChI=1S/C11H10N6O3S/c1-6-9(10(18)16(15-6)11(12)21)14-13-7-4-2-3-5-8(7)17(19)20/h2-5,9H,1H3,(H2,12,21)/t9-/m1/s1. The molecule has 21 heavy (non-hydrogen) atoms. The number of hydrazone groups is 1. The van der Waals surface area contributed by atoms with Crippen molar-refractivity contribution in [1.82, 2.24) is 5.01 Å². The van der Waals surface area contributed by atoms with E-state index in [1.54, 1.807) is 13.0 Å². The van der Waals surface area contributed by atoms with Gasteiger partial charge in [0.1, 0.15) is 0 Å². The van der Waals surface area contributed by atoms with Crippen LogP contribution in [0.4, 0.5) is 11.4 Å². The zero-order valence-electron chi connectivity index (χ0n) is 10.8. The minimum Gasteiger partial charge on any atom is -0.374 e. The van der Waals surface area contributed by atoms with E-state index in [9.17, 15) is 14.9 Å². The van der Waals surface area contributed by atoms with Crippen LogP contribution in [-0.2, 0) is 4.79 Å². The lowest BCUT2D eigenvalue weighted by Gasteiger charge is -2.08. The smallest absolute Gasteiger partial charge is 0.296 e. The summed E-state index contributed by atoms with van der Waals surface area (Å²) in [6.07, 6.45) is 0. The highest BCUT2D eigenvalue weighted by atomic mass is 32.1. The fraction of sp³-hybridized carbons (Fsp3) is 0.182. The molecule has 9 nitrogen and oxygen atoms in total. The van der Waals surface area contributed by atoms with Gasteiger partial charge in [0, 0.05) is 6.07 Å². The topological polar surface area (TPSA) is 127 Å². The summed E-state index contributed by atoms with van der Waals surface area (Å²) in [5.74, 6) is -0.540. The normalized spacial score (nSPS) is 18.1. The molecule has 1 atom stereocenters. The van der Waals surface area contributed by atoms with Crippen LogP contribution < -0.4 is 5.73 Å². The van der Waals surface area contributed by atoms with Gasteiger partial charge >= 0.3 is 0 Å². The summed E-state index contributed by atoms with van der Waals surface area (Å²) in [4.78, 5) is 22.2. The van der Waals surface area contributed by atoms with E-state index in [2.05, 4.69) is 27.5 Å². The second-order valence-corrected chi connectivity index (χ2v) is 4.51. The fourth-order valence-electron chi connectivity index (χ4n) is 1.67. The molecule has 108 valence electrons. The van der Waals surface area contributed by atoms with E-state index >= 15 is 0 Å². The predicted octanol–water partition coefficient (Wildman–Crippen LogP) is 1.51. The monoisotopic (exact) mass is 306 g/mol. The Morgan fingerprint density at radius 1 is 1.52 bits per heavy atom. The first-order valence-corrected chi connectivity index (χ1v) is 6.15. The van der Waals surface area contributed by atoms with Crippen molar-refractivity contribution in [2.24, 2.45) is 21.1 Å². The van der Waals surface area contributed by atoms with E-state index < -0.39 is 16.9 Å². The highest BCUT2D eigenvalue weighted by Gasteiger charge is 2.35. The summed E-state index contributed by atoms with van der Waals surface area (Å²) in [5, 5.41) is 23.0. The Balaban J connectivity index is 2.27. The number of para-hydroxylation sites is 1. The quantitative estimate of drug-likeness (QED) is 0.392. The fourth-order valence-corrected chi connectivity index (χ4v) is 1.80. The molecule has 1 aromatic rings. The summed E-state index contributed by atoms with van der Waals surface area (Å²) in [6.45, 7) is 1.57. The van der Waals surface area contributed by atoms with E-state index in [4.69, 9.17) is 5.73 Å². The Morgan fingerprint density at radius 2 is 2.19 bits per heavy atom. The molecule has 0 radical (unpaired) electrons. The van der Waals surface area contributed by atoms with Crippen LogP contribution in [-0.4, -0.2) is 32.7 Å². The lowest BCUT2D eigenvalue weighted by Crippen LogP contribution is -2.37. The number of azo groups is 1. The Labute approximate surface area is 124 Å². The third-order valence-corrected chi connectivity index (χ3v) is 2.84. The van der Waals surface area contributed by atoms with Crippen molar-refractivity contribution in [2.75, 3.05) is 0 Å².